The van der Waals surface area contributed by atoms with E-state index in [9.17, 15) is 4.79 Å². The minimum Gasteiger partial charge on any atom is -0.370 e. The van der Waals surface area contributed by atoms with E-state index >= 15 is 0 Å². The topological polar surface area (TPSA) is 70.7 Å². The Balaban J connectivity index is 0.00000220. The summed E-state index contributed by atoms with van der Waals surface area (Å²) in [4.78, 5) is 18.1. The van der Waals surface area contributed by atoms with Gasteiger partial charge in [-0.3, -0.25) is 4.79 Å². The van der Waals surface area contributed by atoms with Crippen LogP contribution in [0, 0.1) is 0 Å². The van der Waals surface area contributed by atoms with E-state index in [1.165, 1.54) is 11.1 Å². The molecule has 0 unspecified atom stereocenters. The van der Waals surface area contributed by atoms with Crippen LogP contribution in [0.25, 0.3) is 0 Å². The first-order valence-electron chi connectivity index (χ1n) is 6.97. The molecule has 0 atom stereocenters. The molecule has 3 N–H and O–H groups in total. The molecule has 1 aromatic rings. The summed E-state index contributed by atoms with van der Waals surface area (Å²) in [5.74, 6) is 0.346. The van der Waals surface area contributed by atoms with E-state index in [4.69, 9.17) is 5.73 Å². The van der Waals surface area contributed by atoms with Gasteiger partial charge in [0.15, 0.2) is 5.96 Å². The first-order chi connectivity index (χ1) is 9.56. The van der Waals surface area contributed by atoms with Gasteiger partial charge in [-0.1, -0.05) is 24.3 Å². The van der Waals surface area contributed by atoms with Crippen molar-refractivity contribution in [3.8, 4) is 0 Å². The second-order valence-corrected chi connectivity index (χ2v) is 5.33. The minimum atomic E-state index is 0. The molecule has 0 bridgehead atoms. The lowest BCUT2D eigenvalue weighted by Gasteiger charge is -2.28. The van der Waals surface area contributed by atoms with Gasteiger partial charge in [0.1, 0.15) is 6.54 Å². The lowest BCUT2D eigenvalue weighted by Crippen LogP contribution is -2.40. The maximum atomic E-state index is 12.1. The highest BCUT2D eigenvalue weighted by Gasteiger charge is 2.19. The third-order valence-electron chi connectivity index (χ3n) is 3.30. The second kappa shape index (κ2) is 8.21. The van der Waals surface area contributed by atoms with Crippen LogP contribution >= 0.6 is 24.0 Å². The molecule has 0 radical (unpaired) electrons. The van der Waals surface area contributed by atoms with Crippen LogP contribution in [0.1, 0.15) is 25.0 Å². The van der Waals surface area contributed by atoms with Crippen molar-refractivity contribution in [1.82, 2.24) is 10.2 Å². The maximum absolute atomic E-state index is 12.1. The Bertz CT molecular complexity index is 516. The molecular formula is C15H23IN4O. The Labute approximate surface area is 143 Å². The summed E-state index contributed by atoms with van der Waals surface area (Å²) < 4.78 is 0. The highest BCUT2D eigenvalue weighted by atomic mass is 127. The summed E-state index contributed by atoms with van der Waals surface area (Å²) in [5, 5.41) is 2.97. The maximum Gasteiger partial charge on any atom is 0.244 e. The van der Waals surface area contributed by atoms with E-state index in [1.54, 1.807) is 0 Å². The molecule has 1 amide bonds. The number of guanidine groups is 1. The molecule has 0 aliphatic carbocycles. The fourth-order valence-corrected chi connectivity index (χ4v) is 2.30. The number of halogens is 1. The molecule has 116 valence electrons. The first kappa shape index (κ1) is 17.7. The minimum absolute atomic E-state index is 0. The summed E-state index contributed by atoms with van der Waals surface area (Å²) in [6.07, 6.45) is 0.908. The van der Waals surface area contributed by atoms with Crippen molar-refractivity contribution in [2.75, 3.05) is 13.1 Å². The van der Waals surface area contributed by atoms with Crippen molar-refractivity contribution in [3.05, 3.63) is 35.4 Å². The number of amides is 1. The number of carbonyl (C=O) groups is 1. The molecule has 0 saturated heterocycles. The lowest BCUT2D eigenvalue weighted by atomic mass is 10.00. The SMILES string of the molecule is CC(C)NC(N)=NCC(=O)N1CCc2ccccc2C1.I. The van der Waals surface area contributed by atoms with Crippen LogP contribution in [0.15, 0.2) is 29.3 Å². The van der Waals surface area contributed by atoms with Crippen molar-refractivity contribution in [2.24, 2.45) is 10.7 Å². The van der Waals surface area contributed by atoms with Crippen LogP contribution in [0.4, 0.5) is 0 Å². The lowest BCUT2D eigenvalue weighted by molar-refractivity contribution is -0.130. The van der Waals surface area contributed by atoms with Gasteiger partial charge in [-0.15, -0.1) is 24.0 Å². The number of hydrogen-bond donors (Lipinski definition) is 2. The van der Waals surface area contributed by atoms with Crippen molar-refractivity contribution < 1.29 is 4.79 Å². The molecule has 0 spiro atoms. The molecule has 0 aromatic heterocycles. The molecule has 1 heterocycles. The van der Waals surface area contributed by atoms with Gasteiger partial charge in [0.2, 0.25) is 5.91 Å². The van der Waals surface area contributed by atoms with E-state index in [0.717, 1.165) is 13.0 Å². The van der Waals surface area contributed by atoms with Gasteiger partial charge in [-0.25, -0.2) is 4.99 Å². The zero-order valence-corrected chi connectivity index (χ0v) is 14.8. The first-order valence-corrected chi connectivity index (χ1v) is 6.97. The van der Waals surface area contributed by atoms with Gasteiger partial charge >= 0.3 is 0 Å². The number of nitrogens with one attached hydrogen (secondary N) is 1. The second-order valence-electron chi connectivity index (χ2n) is 5.33. The number of rotatable bonds is 3. The molecular weight excluding hydrogens is 379 g/mol. The Morgan fingerprint density at radius 3 is 2.71 bits per heavy atom. The Hall–Kier alpha value is -1.31. The van der Waals surface area contributed by atoms with Gasteiger partial charge in [0.25, 0.3) is 0 Å². The fourth-order valence-electron chi connectivity index (χ4n) is 2.30. The number of benzene rings is 1. The molecule has 2 rings (SSSR count). The van der Waals surface area contributed by atoms with E-state index in [-0.39, 0.29) is 42.5 Å². The predicted octanol–water partition coefficient (Wildman–Crippen LogP) is 1.50. The average Bonchev–Trinajstić information content (AvgIpc) is 2.43. The van der Waals surface area contributed by atoms with E-state index in [0.29, 0.717) is 12.5 Å². The molecule has 0 saturated carbocycles. The van der Waals surface area contributed by atoms with E-state index in [1.807, 2.05) is 30.9 Å². The summed E-state index contributed by atoms with van der Waals surface area (Å²) in [6, 6.07) is 8.47. The smallest absolute Gasteiger partial charge is 0.244 e. The largest absolute Gasteiger partial charge is 0.370 e. The number of nitrogens with two attached hydrogens (primary N) is 1. The van der Waals surface area contributed by atoms with Crippen molar-refractivity contribution in [3.63, 3.8) is 0 Å². The number of fused-ring (bicyclic) bond motifs is 1. The molecule has 1 aromatic carbocycles. The summed E-state index contributed by atoms with van der Waals surface area (Å²) in [7, 11) is 0. The number of nitrogens with zero attached hydrogens (tertiary/aromatic N) is 2. The van der Waals surface area contributed by atoms with Crippen molar-refractivity contribution >= 4 is 35.8 Å². The molecule has 5 nitrogen and oxygen atoms in total. The van der Waals surface area contributed by atoms with Crippen molar-refractivity contribution in [1.29, 1.82) is 0 Å². The van der Waals surface area contributed by atoms with Gasteiger partial charge < -0.3 is 16.0 Å². The predicted molar refractivity (Wildman–Crippen MR) is 95.7 cm³/mol. The molecule has 1 aliphatic rings. The van der Waals surface area contributed by atoms with Crippen LogP contribution in [-0.4, -0.2) is 35.9 Å². The van der Waals surface area contributed by atoms with Gasteiger partial charge in [0.05, 0.1) is 0 Å². The summed E-state index contributed by atoms with van der Waals surface area (Å²) >= 11 is 0. The fraction of sp³-hybridized carbons (Fsp3) is 0.467. The van der Waals surface area contributed by atoms with Gasteiger partial charge in [-0.2, -0.15) is 0 Å². The Morgan fingerprint density at radius 1 is 1.38 bits per heavy atom. The average molecular weight is 402 g/mol. The number of aliphatic imine (C=N–C) groups is 1. The quantitative estimate of drug-likeness (QED) is 0.458. The third kappa shape index (κ3) is 5.18. The van der Waals surface area contributed by atoms with Crippen LogP contribution in [0.5, 0.6) is 0 Å². The normalized spacial score (nSPS) is 14.4. The van der Waals surface area contributed by atoms with Crippen LogP contribution in [0.3, 0.4) is 0 Å². The zero-order chi connectivity index (χ0) is 14.5. The highest BCUT2D eigenvalue weighted by Crippen LogP contribution is 2.18. The highest BCUT2D eigenvalue weighted by molar-refractivity contribution is 14.0. The zero-order valence-electron chi connectivity index (χ0n) is 12.5. The number of carbonyl (C=O) groups excluding carboxylic acids is 1. The van der Waals surface area contributed by atoms with E-state index < -0.39 is 0 Å². The Morgan fingerprint density at radius 2 is 2.05 bits per heavy atom. The molecule has 21 heavy (non-hydrogen) atoms. The van der Waals surface area contributed by atoms with Crippen LogP contribution < -0.4 is 11.1 Å². The number of hydrogen-bond acceptors (Lipinski definition) is 2. The van der Waals surface area contributed by atoms with Crippen molar-refractivity contribution in [2.45, 2.75) is 32.9 Å². The third-order valence-corrected chi connectivity index (χ3v) is 3.30. The van der Waals surface area contributed by atoms with E-state index in [2.05, 4.69) is 22.4 Å². The monoisotopic (exact) mass is 402 g/mol. The Kier molecular flexibility index (Phi) is 6.94. The van der Waals surface area contributed by atoms with Gasteiger partial charge in [-0.05, 0) is 31.4 Å². The van der Waals surface area contributed by atoms with Crippen LogP contribution in [0.2, 0.25) is 0 Å². The molecule has 6 heteroatoms. The standard InChI is InChI=1S/C15H22N4O.HI/c1-11(2)18-15(16)17-9-14(20)19-8-7-12-5-3-4-6-13(12)10-19;/h3-6,11H,7-10H2,1-2H3,(H3,16,17,18);1H. The summed E-state index contributed by atoms with van der Waals surface area (Å²) in [6.45, 7) is 5.48. The van der Waals surface area contributed by atoms with Crippen LogP contribution in [-0.2, 0) is 17.8 Å². The van der Waals surface area contributed by atoms with Gasteiger partial charge in [0, 0.05) is 19.1 Å². The molecule has 0 fully saturated rings. The molecule has 1 aliphatic heterocycles. The summed E-state index contributed by atoms with van der Waals surface area (Å²) in [5.41, 5.74) is 8.26.